The monoisotopic (exact) mass is 300 g/mol. The van der Waals surface area contributed by atoms with Gasteiger partial charge < -0.3 is 15.4 Å². The minimum absolute atomic E-state index is 0.0813. The van der Waals surface area contributed by atoms with Crippen molar-refractivity contribution < 1.29 is 9.53 Å². The van der Waals surface area contributed by atoms with Crippen LogP contribution in [0.15, 0.2) is 28.7 Å². The number of amides is 1. The lowest BCUT2D eigenvalue weighted by atomic mass is 10.3. The van der Waals surface area contributed by atoms with E-state index >= 15 is 0 Å². The molecule has 0 aliphatic carbocycles. The number of nitrogens with one attached hydrogen (secondary N) is 2. The molecule has 0 unspecified atom stereocenters. The largest absolute Gasteiger partial charge is 0.370 e. The summed E-state index contributed by atoms with van der Waals surface area (Å²) in [5.74, 6) is -0.139. The van der Waals surface area contributed by atoms with Gasteiger partial charge in [-0.3, -0.25) is 4.79 Å². The highest BCUT2D eigenvalue weighted by Gasteiger charge is 2.02. The number of carbonyl (C=O) groups excluding carboxylic acids is 1. The molecular formula is C12H17BrN2O2. The van der Waals surface area contributed by atoms with Gasteiger partial charge in [-0.05, 0) is 24.7 Å². The first-order valence-electron chi connectivity index (χ1n) is 5.56. The smallest absolute Gasteiger partial charge is 0.250 e. The molecule has 0 bridgehead atoms. The van der Waals surface area contributed by atoms with Gasteiger partial charge in [0.2, 0.25) is 5.91 Å². The van der Waals surface area contributed by atoms with E-state index in [0.717, 1.165) is 23.2 Å². The lowest BCUT2D eigenvalue weighted by Crippen LogP contribution is -2.23. The number of halogens is 1. The summed E-state index contributed by atoms with van der Waals surface area (Å²) < 4.78 is 6.15. The van der Waals surface area contributed by atoms with E-state index in [9.17, 15) is 4.79 Å². The van der Waals surface area contributed by atoms with Gasteiger partial charge in [-0.1, -0.05) is 28.9 Å². The van der Waals surface area contributed by atoms with Gasteiger partial charge in [0.1, 0.15) is 6.61 Å². The van der Waals surface area contributed by atoms with Crippen LogP contribution in [0.25, 0.3) is 0 Å². The topological polar surface area (TPSA) is 50.4 Å². The van der Waals surface area contributed by atoms with Crippen molar-refractivity contribution in [3.8, 4) is 0 Å². The zero-order valence-electron chi connectivity index (χ0n) is 9.83. The fourth-order valence-electron chi connectivity index (χ4n) is 1.25. The number of anilines is 1. The van der Waals surface area contributed by atoms with Crippen LogP contribution in [-0.4, -0.2) is 32.2 Å². The standard InChI is InChI=1S/C12H17BrN2O2/c1-2-14-6-7-17-9-12(16)15-11-5-3-4-10(13)8-11/h3-5,8,14H,2,6-7,9H2,1H3,(H,15,16). The number of likely N-dealkylation sites (N-methyl/N-ethyl adjacent to an activating group) is 1. The maximum Gasteiger partial charge on any atom is 0.250 e. The molecule has 0 radical (unpaired) electrons. The van der Waals surface area contributed by atoms with E-state index in [2.05, 4.69) is 26.6 Å². The summed E-state index contributed by atoms with van der Waals surface area (Å²) in [6.07, 6.45) is 0. The Morgan fingerprint density at radius 1 is 1.47 bits per heavy atom. The molecule has 94 valence electrons. The number of hydrogen-bond donors (Lipinski definition) is 2. The van der Waals surface area contributed by atoms with Crippen molar-refractivity contribution in [2.75, 3.05) is 31.6 Å². The average Bonchev–Trinajstić information content (AvgIpc) is 2.29. The molecule has 1 aromatic rings. The Morgan fingerprint density at radius 3 is 3.00 bits per heavy atom. The molecule has 1 rings (SSSR count). The van der Waals surface area contributed by atoms with Crippen LogP contribution in [0, 0.1) is 0 Å². The minimum atomic E-state index is -0.139. The second-order valence-corrected chi connectivity index (χ2v) is 4.38. The maximum absolute atomic E-state index is 11.5. The zero-order valence-corrected chi connectivity index (χ0v) is 11.4. The molecule has 0 aliphatic rings. The van der Waals surface area contributed by atoms with E-state index in [1.807, 2.05) is 31.2 Å². The van der Waals surface area contributed by atoms with E-state index in [1.165, 1.54) is 0 Å². The van der Waals surface area contributed by atoms with Crippen molar-refractivity contribution in [3.05, 3.63) is 28.7 Å². The number of hydrogen-bond acceptors (Lipinski definition) is 3. The highest BCUT2D eigenvalue weighted by molar-refractivity contribution is 9.10. The maximum atomic E-state index is 11.5. The quantitative estimate of drug-likeness (QED) is 0.758. The first-order chi connectivity index (χ1) is 8.22. The molecule has 0 fully saturated rings. The highest BCUT2D eigenvalue weighted by Crippen LogP contribution is 2.15. The predicted molar refractivity (Wildman–Crippen MR) is 72.1 cm³/mol. The number of carbonyl (C=O) groups is 1. The summed E-state index contributed by atoms with van der Waals surface area (Å²) in [4.78, 5) is 11.5. The number of benzene rings is 1. The van der Waals surface area contributed by atoms with Crippen molar-refractivity contribution in [1.82, 2.24) is 5.32 Å². The molecular weight excluding hydrogens is 284 g/mol. The first kappa shape index (κ1) is 14.2. The molecule has 0 aromatic heterocycles. The summed E-state index contributed by atoms with van der Waals surface area (Å²) in [6.45, 7) is 4.33. The summed E-state index contributed by atoms with van der Waals surface area (Å²) in [7, 11) is 0. The molecule has 0 saturated carbocycles. The van der Waals surface area contributed by atoms with Gasteiger partial charge >= 0.3 is 0 Å². The Labute approximate surface area is 110 Å². The van der Waals surface area contributed by atoms with Crippen LogP contribution in [0.2, 0.25) is 0 Å². The van der Waals surface area contributed by atoms with E-state index in [0.29, 0.717) is 6.61 Å². The Kier molecular flexibility index (Phi) is 6.84. The highest BCUT2D eigenvalue weighted by atomic mass is 79.9. The Morgan fingerprint density at radius 2 is 2.29 bits per heavy atom. The van der Waals surface area contributed by atoms with Crippen molar-refractivity contribution in [2.45, 2.75) is 6.92 Å². The Balaban J connectivity index is 2.21. The van der Waals surface area contributed by atoms with Gasteiger partial charge in [0.15, 0.2) is 0 Å². The molecule has 1 amide bonds. The lowest BCUT2D eigenvalue weighted by molar-refractivity contribution is -0.120. The SMILES string of the molecule is CCNCCOCC(=O)Nc1cccc(Br)c1. The molecule has 0 spiro atoms. The molecule has 2 N–H and O–H groups in total. The van der Waals surface area contributed by atoms with Crippen molar-refractivity contribution in [2.24, 2.45) is 0 Å². The molecule has 4 nitrogen and oxygen atoms in total. The third-order valence-electron chi connectivity index (χ3n) is 2.01. The number of ether oxygens (including phenoxy) is 1. The minimum Gasteiger partial charge on any atom is -0.370 e. The van der Waals surface area contributed by atoms with Crippen LogP contribution in [0.4, 0.5) is 5.69 Å². The second kappa shape index (κ2) is 8.22. The van der Waals surface area contributed by atoms with Gasteiger partial charge in [0, 0.05) is 16.7 Å². The van der Waals surface area contributed by atoms with Gasteiger partial charge in [-0.2, -0.15) is 0 Å². The van der Waals surface area contributed by atoms with Crippen LogP contribution < -0.4 is 10.6 Å². The van der Waals surface area contributed by atoms with Crippen LogP contribution in [0.5, 0.6) is 0 Å². The van der Waals surface area contributed by atoms with E-state index in [1.54, 1.807) is 0 Å². The van der Waals surface area contributed by atoms with E-state index in [-0.39, 0.29) is 12.5 Å². The predicted octanol–water partition coefficient (Wildman–Crippen LogP) is 2.01. The Hall–Kier alpha value is -0.910. The second-order valence-electron chi connectivity index (χ2n) is 3.46. The summed E-state index contributed by atoms with van der Waals surface area (Å²) in [6, 6.07) is 7.45. The fraction of sp³-hybridized carbons (Fsp3) is 0.417. The lowest BCUT2D eigenvalue weighted by Gasteiger charge is -2.06. The van der Waals surface area contributed by atoms with Gasteiger partial charge in [-0.25, -0.2) is 0 Å². The van der Waals surface area contributed by atoms with Gasteiger partial charge in [-0.15, -0.1) is 0 Å². The Bertz CT molecular complexity index is 358. The molecule has 1 aromatic carbocycles. The summed E-state index contributed by atoms with van der Waals surface area (Å²) in [5, 5.41) is 5.88. The van der Waals surface area contributed by atoms with Crippen molar-refractivity contribution >= 4 is 27.5 Å². The third-order valence-corrected chi connectivity index (χ3v) is 2.51. The van der Waals surface area contributed by atoms with Gasteiger partial charge in [0.05, 0.1) is 6.61 Å². The summed E-state index contributed by atoms with van der Waals surface area (Å²) >= 11 is 3.34. The average molecular weight is 301 g/mol. The van der Waals surface area contributed by atoms with Crippen LogP contribution in [-0.2, 0) is 9.53 Å². The van der Waals surface area contributed by atoms with E-state index in [4.69, 9.17) is 4.74 Å². The van der Waals surface area contributed by atoms with Crippen LogP contribution >= 0.6 is 15.9 Å². The van der Waals surface area contributed by atoms with Crippen LogP contribution in [0.1, 0.15) is 6.92 Å². The molecule has 17 heavy (non-hydrogen) atoms. The fourth-order valence-corrected chi connectivity index (χ4v) is 1.65. The normalized spacial score (nSPS) is 10.2. The molecule has 0 atom stereocenters. The molecule has 5 heteroatoms. The van der Waals surface area contributed by atoms with Crippen molar-refractivity contribution in [1.29, 1.82) is 0 Å². The molecule has 0 saturated heterocycles. The summed E-state index contributed by atoms with van der Waals surface area (Å²) in [5.41, 5.74) is 0.764. The zero-order chi connectivity index (χ0) is 12.5. The van der Waals surface area contributed by atoms with Crippen molar-refractivity contribution in [3.63, 3.8) is 0 Å². The number of rotatable bonds is 7. The van der Waals surface area contributed by atoms with Gasteiger partial charge in [0.25, 0.3) is 0 Å². The third kappa shape index (κ3) is 6.41. The van der Waals surface area contributed by atoms with Crippen LogP contribution in [0.3, 0.4) is 0 Å². The first-order valence-corrected chi connectivity index (χ1v) is 6.35. The molecule has 0 aliphatic heterocycles. The van der Waals surface area contributed by atoms with E-state index < -0.39 is 0 Å². The molecule has 0 heterocycles.